The zero-order valence-corrected chi connectivity index (χ0v) is 16.4. The van der Waals surface area contributed by atoms with Crippen LogP contribution in [0.3, 0.4) is 0 Å². The van der Waals surface area contributed by atoms with Gasteiger partial charge in [-0.25, -0.2) is 0 Å². The third-order valence-electron chi connectivity index (χ3n) is 3.74. The molecule has 0 aliphatic heterocycles. The van der Waals surface area contributed by atoms with Gasteiger partial charge in [0, 0.05) is 10.6 Å². The Morgan fingerprint density at radius 3 is 2.54 bits per heavy atom. The van der Waals surface area contributed by atoms with Crippen LogP contribution in [0.1, 0.15) is 18.3 Å². The number of esters is 1. The number of hydrogen-bond acceptors (Lipinski definition) is 8. The van der Waals surface area contributed by atoms with Gasteiger partial charge in [-0.2, -0.15) is 15.0 Å². The highest BCUT2D eigenvalue weighted by Gasteiger charge is 2.17. The second kappa shape index (κ2) is 9.18. The topological polar surface area (TPSA) is 103 Å². The lowest BCUT2D eigenvalue weighted by Crippen LogP contribution is -2.18. The zero-order chi connectivity index (χ0) is 19.9. The monoisotopic (exact) mass is 395 g/mol. The van der Waals surface area contributed by atoms with Crippen molar-refractivity contribution in [1.29, 1.82) is 0 Å². The molecule has 8 heteroatoms. The molecule has 0 aliphatic carbocycles. The molecular weight excluding hydrogens is 374 g/mol. The average molecular weight is 395 g/mol. The van der Waals surface area contributed by atoms with Gasteiger partial charge in [-0.3, -0.25) is 4.79 Å². The molecule has 7 nitrogen and oxygen atoms in total. The number of nitrogens with one attached hydrogen (secondary N) is 1. The second-order valence-corrected chi connectivity index (χ2v) is 7.52. The third-order valence-corrected chi connectivity index (χ3v) is 4.83. The normalized spacial score (nSPS) is 11.6. The van der Waals surface area contributed by atoms with E-state index in [4.69, 9.17) is 10.5 Å². The molecule has 0 bridgehead atoms. The Morgan fingerprint density at radius 1 is 1.11 bits per heavy atom. The predicted molar refractivity (Wildman–Crippen MR) is 110 cm³/mol. The van der Waals surface area contributed by atoms with Gasteiger partial charge in [0.15, 0.2) is 12.4 Å². The Morgan fingerprint density at radius 2 is 1.82 bits per heavy atom. The fourth-order valence-corrected chi connectivity index (χ4v) is 3.22. The first-order valence-corrected chi connectivity index (χ1v) is 9.60. The van der Waals surface area contributed by atoms with Gasteiger partial charge in [-0.1, -0.05) is 35.9 Å². The molecule has 0 saturated heterocycles. The summed E-state index contributed by atoms with van der Waals surface area (Å²) >= 11 is 1.43. The predicted octanol–water partition coefficient (Wildman–Crippen LogP) is 3.73. The maximum absolute atomic E-state index is 12.3. The summed E-state index contributed by atoms with van der Waals surface area (Å²) < 4.78 is 5.34. The first kappa shape index (κ1) is 19.6. The van der Waals surface area contributed by atoms with Gasteiger partial charge in [-0.05, 0) is 38.1 Å². The number of benzene rings is 2. The molecule has 0 saturated carbocycles. The Labute approximate surface area is 167 Å². The summed E-state index contributed by atoms with van der Waals surface area (Å²) in [6, 6.07) is 17.5. The number of nitrogens with zero attached hydrogens (tertiary/aromatic N) is 3. The van der Waals surface area contributed by atoms with Gasteiger partial charge in [0.1, 0.15) is 5.25 Å². The van der Waals surface area contributed by atoms with Crippen molar-refractivity contribution >= 4 is 35.3 Å². The van der Waals surface area contributed by atoms with Crippen molar-refractivity contribution in [3.8, 4) is 0 Å². The van der Waals surface area contributed by atoms with Crippen LogP contribution < -0.4 is 11.1 Å². The van der Waals surface area contributed by atoms with Crippen molar-refractivity contribution in [3.63, 3.8) is 0 Å². The van der Waals surface area contributed by atoms with Gasteiger partial charge in [-0.15, -0.1) is 11.8 Å². The smallest absolute Gasteiger partial charge is 0.319 e. The van der Waals surface area contributed by atoms with Crippen molar-refractivity contribution in [1.82, 2.24) is 15.0 Å². The number of nitrogen functional groups attached to an aromatic ring is 1. The Kier molecular flexibility index (Phi) is 6.44. The summed E-state index contributed by atoms with van der Waals surface area (Å²) in [7, 11) is 0. The molecule has 0 spiro atoms. The first-order valence-electron chi connectivity index (χ1n) is 8.72. The van der Waals surface area contributed by atoms with Crippen molar-refractivity contribution in [2.24, 2.45) is 0 Å². The van der Waals surface area contributed by atoms with E-state index in [1.165, 1.54) is 11.8 Å². The number of aryl methyl sites for hydroxylation is 1. The van der Waals surface area contributed by atoms with Crippen LogP contribution in [-0.2, 0) is 16.1 Å². The van der Waals surface area contributed by atoms with E-state index in [1.54, 1.807) is 6.92 Å². The number of hydrogen-bond donors (Lipinski definition) is 2. The molecule has 0 amide bonds. The molecule has 1 heterocycles. The summed E-state index contributed by atoms with van der Waals surface area (Å²) in [5.74, 6) is 0.296. The largest absolute Gasteiger partial charge is 0.457 e. The maximum atomic E-state index is 12.3. The standard InChI is InChI=1S/C20H21N5O2S/c1-13-8-10-15(11-9-13)22-20-24-17(23-19(21)25-20)12-27-18(26)14(2)28-16-6-4-3-5-7-16/h3-11,14H,12H2,1-2H3,(H3,21,22,23,24,25)/t14-/m0/s1. The quantitative estimate of drug-likeness (QED) is 0.461. The number of rotatable bonds is 7. The number of aromatic nitrogens is 3. The van der Waals surface area contributed by atoms with Gasteiger partial charge >= 0.3 is 5.97 Å². The fraction of sp³-hybridized carbons (Fsp3) is 0.200. The molecule has 3 N–H and O–H groups in total. The van der Waals surface area contributed by atoms with Crippen LogP contribution in [-0.4, -0.2) is 26.2 Å². The maximum Gasteiger partial charge on any atom is 0.319 e. The first-order chi connectivity index (χ1) is 13.5. The highest BCUT2D eigenvalue weighted by Crippen LogP contribution is 2.23. The number of ether oxygens (including phenoxy) is 1. The summed E-state index contributed by atoms with van der Waals surface area (Å²) in [4.78, 5) is 25.6. The van der Waals surface area contributed by atoms with Crippen molar-refractivity contribution in [3.05, 3.63) is 66.0 Å². The summed E-state index contributed by atoms with van der Waals surface area (Å²) in [5, 5.41) is 2.71. The number of nitrogens with two attached hydrogens (primary N) is 1. The van der Waals surface area contributed by atoms with E-state index < -0.39 is 0 Å². The lowest BCUT2D eigenvalue weighted by molar-refractivity contribution is -0.144. The molecule has 3 aromatic rings. The van der Waals surface area contributed by atoms with Crippen LogP contribution in [0.25, 0.3) is 0 Å². The highest BCUT2D eigenvalue weighted by atomic mass is 32.2. The molecule has 28 heavy (non-hydrogen) atoms. The minimum Gasteiger partial charge on any atom is -0.457 e. The van der Waals surface area contributed by atoms with Crippen LogP contribution in [0.15, 0.2) is 59.5 Å². The van der Waals surface area contributed by atoms with E-state index in [0.29, 0.717) is 5.95 Å². The van der Waals surface area contributed by atoms with Crippen molar-refractivity contribution in [2.45, 2.75) is 30.6 Å². The summed E-state index contributed by atoms with van der Waals surface area (Å²) in [5.41, 5.74) is 7.73. The van der Waals surface area contributed by atoms with Crippen LogP contribution in [0, 0.1) is 6.92 Å². The molecule has 1 atom stereocenters. The lowest BCUT2D eigenvalue weighted by atomic mass is 10.2. The van der Waals surface area contributed by atoms with Gasteiger partial charge in [0.25, 0.3) is 0 Å². The number of carbonyl (C=O) groups is 1. The zero-order valence-electron chi connectivity index (χ0n) is 15.6. The third kappa shape index (κ3) is 5.68. The Hall–Kier alpha value is -3.13. The van der Waals surface area contributed by atoms with E-state index in [1.807, 2.05) is 61.5 Å². The van der Waals surface area contributed by atoms with Crippen LogP contribution >= 0.6 is 11.8 Å². The number of carbonyl (C=O) groups excluding carboxylic acids is 1. The minimum atomic E-state index is -0.355. The SMILES string of the molecule is Cc1ccc(Nc2nc(N)nc(COC(=O)[C@H](C)Sc3ccccc3)n2)cc1. The molecule has 144 valence electrons. The summed E-state index contributed by atoms with van der Waals surface area (Å²) in [6.07, 6.45) is 0. The lowest BCUT2D eigenvalue weighted by Gasteiger charge is -2.11. The van der Waals surface area contributed by atoms with E-state index in [-0.39, 0.29) is 29.6 Å². The van der Waals surface area contributed by atoms with Gasteiger partial charge < -0.3 is 15.8 Å². The van der Waals surface area contributed by atoms with Gasteiger partial charge in [0.05, 0.1) is 0 Å². The highest BCUT2D eigenvalue weighted by molar-refractivity contribution is 8.00. The molecule has 1 aromatic heterocycles. The molecule has 0 radical (unpaired) electrons. The van der Waals surface area contributed by atoms with Crippen molar-refractivity contribution < 1.29 is 9.53 Å². The van der Waals surface area contributed by atoms with E-state index >= 15 is 0 Å². The van der Waals surface area contributed by atoms with Crippen LogP contribution in [0.5, 0.6) is 0 Å². The minimum absolute atomic E-state index is 0.0577. The van der Waals surface area contributed by atoms with E-state index in [2.05, 4.69) is 20.3 Å². The van der Waals surface area contributed by atoms with Gasteiger partial charge in [0.2, 0.25) is 11.9 Å². The van der Waals surface area contributed by atoms with Crippen LogP contribution in [0.2, 0.25) is 0 Å². The van der Waals surface area contributed by atoms with E-state index in [9.17, 15) is 4.79 Å². The Balaban J connectivity index is 1.60. The second-order valence-electron chi connectivity index (χ2n) is 6.11. The summed E-state index contributed by atoms with van der Waals surface area (Å²) in [6.45, 7) is 3.73. The molecule has 3 rings (SSSR count). The molecule has 0 unspecified atom stereocenters. The molecule has 0 aliphatic rings. The molecule has 2 aromatic carbocycles. The van der Waals surface area contributed by atoms with Crippen molar-refractivity contribution in [2.75, 3.05) is 11.1 Å². The Bertz CT molecular complexity index is 935. The average Bonchev–Trinajstić information content (AvgIpc) is 2.68. The van der Waals surface area contributed by atoms with Crippen LogP contribution in [0.4, 0.5) is 17.6 Å². The molecule has 0 fully saturated rings. The van der Waals surface area contributed by atoms with E-state index in [0.717, 1.165) is 16.1 Å². The molecular formula is C20H21N5O2S. The number of thioether (sulfide) groups is 1. The number of anilines is 3. The fourth-order valence-electron chi connectivity index (χ4n) is 2.33.